The van der Waals surface area contributed by atoms with Gasteiger partial charge in [-0.3, -0.25) is 14.5 Å². The van der Waals surface area contributed by atoms with E-state index < -0.39 is 17.6 Å². The molecule has 1 aliphatic carbocycles. The minimum atomic E-state index is -1.53. The smallest absolute Gasteiger partial charge is 0.235 e. The summed E-state index contributed by atoms with van der Waals surface area (Å²) in [5.41, 5.74) is -0.905. The van der Waals surface area contributed by atoms with Crippen molar-refractivity contribution >= 4 is 11.8 Å². The van der Waals surface area contributed by atoms with Crippen molar-refractivity contribution in [3.05, 3.63) is 35.9 Å². The average molecular weight is 446 g/mol. The monoisotopic (exact) mass is 445 g/mol. The van der Waals surface area contributed by atoms with E-state index in [2.05, 4.69) is 15.5 Å². The largest absolute Gasteiger partial charge is 0.379 e. The lowest BCUT2D eigenvalue weighted by atomic mass is 9.93. The van der Waals surface area contributed by atoms with Crippen LogP contribution in [0, 0.1) is 5.92 Å². The maximum atomic E-state index is 13.3. The summed E-state index contributed by atoms with van der Waals surface area (Å²) in [4.78, 5) is 28.5. The Bertz CT molecular complexity index is 717. The first kappa shape index (κ1) is 24.7. The van der Waals surface area contributed by atoms with Crippen molar-refractivity contribution in [2.24, 2.45) is 5.92 Å². The van der Waals surface area contributed by atoms with E-state index in [0.717, 1.165) is 38.8 Å². The van der Waals surface area contributed by atoms with Gasteiger partial charge in [0.2, 0.25) is 11.8 Å². The second-order valence-corrected chi connectivity index (χ2v) is 9.10. The van der Waals surface area contributed by atoms with E-state index in [1.807, 2.05) is 37.3 Å². The van der Waals surface area contributed by atoms with Gasteiger partial charge in [-0.1, -0.05) is 62.9 Å². The number of ether oxygens (including phenoxy) is 1. The third-order valence-electron chi connectivity index (χ3n) is 6.64. The van der Waals surface area contributed by atoms with Gasteiger partial charge in [0, 0.05) is 37.7 Å². The van der Waals surface area contributed by atoms with Crippen molar-refractivity contribution in [2.75, 3.05) is 32.8 Å². The Morgan fingerprint density at radius 3 is 2.47 bits per heavy atom. The molecule has 1 aromatic rings. The minimum Gasteiger partial charge on any atom is -0.379 e. The normalized spacial score (nSPS) is 20.8. The zero-order valence-electron chi connectivity index (χ0n) is 19.4. The zero-order chi connectivity index (χ0) is 22.8. The van der Waals surface area contributed by atoms with Crippen LogP contribution in [0.3, 0.4) is 0 Å². The van der Waals surface area contributed by atoms with Crippen LogP contribution in [-0.4, -0.2) is 60.7 Å². The molecule has 2 fully saturated rings. The lowest BCUT2D eigenvalue weighted by Gasteiger charge is -2.35. The van der Waals surface area contributed by atoms with Crippen LogP contribution in [0.5, 0.6) is 0 Å². The van der Waals surface area contributed by atoms with Gasteiger partial charge in [-0.05, 0) is 19.3 Å². The average Bonchev–Trinajstić information content (AvgIpc) is 2.83. The van der Waals surface area contributed by atoms with Crippen LogP contribution < -0.4 is 10.6 Å². The molecule has 2 aliphatic rings. The molecule has 0 aromatic heterocycles. The number of hydrogen-bond donors (Lipinski definition) is 3. The van der Waals surface area contributed by atoms with Crippen molar-refractivity contribution in [3.63, 3.8) is 0 Å². The molecule has 1 aliphatic heterocycles. The first-order valence-corrected chi connectivity index (χ1v) is 12.2. The number of carbonyl (C=O) groups is 2. The standard InChI is InChI=1S/C25H39N3O4/c1-2-9-22(23(29)26-21-12-7-4-8-13-21)24(30)27-25(31,20-10-5-3-6-11-20)14-15-28-16-18-32-19-17-28/h3,5-6,10-11,21-22,31H,2,4,7-9,12-19H2,1H3,(H,26,29)(H,27,30)/t22?,25-/m0/s1. The molecule has 7 nitrogen and oxygen atoms in total. The van der Waals surface area contributed by atoms with Gasteiger partial charge in [0.05, 0.1) is 13.2 Å². The molecule has 3 rings (SSSR count). The van der Waals surface area contributed by atoms with Crippen LogP contribution >= 0.6 is 0 Å². The van der Waals surface area contributed by atoms with Crippen LogP contribution in [0.1, 0.15) is 63.9 Å². The van der Waals surface area contributed by atoms with Crippen molar-refractivity contribution in [1.82, 2.24) is 15.5 Å². The van der Waals surface area contributed by atoms with E-state index in [4.69, 9.17) is 4.74 Å². The fourth-order valence-electron chi connectivity index (χ4n) is 4.65. The summed E-state index contributed by atoms with van der Waals surface area (Å²) < 4.78 is 5.41. The highest BCUT2D eigenvalue weighted by Gasteiger charge is 2.36. The van der Waals surface area contributed by atoms with Crippen LogP contribution in [-0.2, 0) is 20.1 Å². The number of carbonyl (C=O) groups excluding carboxylic acids is 2. The Hall–Kier alpha value is -1.96. The first-order valence-electron chi connectivity index (χ1n) is 12.2. The fraction of sp³-hybridized carbons (Fsp3) is 0.680. The quantitative estimate of drug-likeness (QED) is 0.380. The maximum absolute atomic E-state index is 13.3. The molecule has 3 N–H and O–H groups in total. The molecule has 0 spiro atoms. The number of benzene rings is 1. The highest BCUT2D eigenvalue weighted by Crippen LogP contribution is 2.25. The Morgan fingerprint density at radius 2 is 1.81 bits per heavy atom. The van der Waals surface area contributed by atoms with E-state index >= 15 is 0 Å². The molecule has 1 heterocycles. The van der Waals surface area contributed by atoms with Gasteiger partial charge in [-0.15, -0.1) is 0 Å². The highest BCUT2D eigenvalue weighted by atomic mass is 16.5. The van der Waals surface area contributed by atoms with Gasteiger partial charge in [-0.25, -0.2) is 0 Å². The van der Waals surface area contributed by atoms with Crippen molar-refractivity contribution in [3.8, 4) is 0 Å². The molecular weight excluding hydrogens is 406 g/mol. The molecule has 2 atom stereocenters. The van der Waals surface area contributed by atoms with E-state index in [0.29, 0.717) is 44.6 Å². The Kier molecular flexibility index (Phi) is 9.51. The number of hydrogen-bond acceptors (Lipinski definition) is 5. The predicted molar refractivity (Wildman–Crippen MR) is 124 cm³/mol. The minimum absolute atomic E-state index is 0.151. The van der Waals surface area contributed by atoms with Gasteiger partial charge in [-0.2, -0.15) is 0 Å². The molecule has 0 bridgehead atoms. The predicted octanol–water partition coefficient (Wildman–Crippen LogP) is 2.54. The third kappa shape index (κ3) is 7.02. The van der Waals surface area contributed by atoms with Crippen molar-refractivity contribution in [2.45, 2.75) is 70.1 Å². The lowest BCUT2D eigenvalue weighted by molar-refractivity contribution is -0.141. The number of nitrogens with zero attached hydrogens (tertiary/aromatic N) is 1. The molecule has 2 amide bonds. The van der Waals surface area contributed by atoms with E-state index in [1.54, 1.807) is 0 Å². The lowest BCUT2D eigenvalue weighted by Crippen LogP contribution is -2.53. The molecule has 32 heavy (non-hydrogen) atoms. The summed E-state index contributed by atoms with van der Waals surface area (Å²) in [7, 11) is 0. The van der Waals surface area contributed by atoms with Crippen molar-refractivity contribution < 1.29 is 19.4 Å². The topological polar surface area (TPSA) is 90.9 Å². The number of nitrogens with one attached hydrogen (secondary N) is 2. The van der Waals surface area contributed by atoms with Crippen LogP contribution in [0.25, 0.3) is 0 Å². The van der Waals surface area contributed by atoms with Gasteiger partial charge in [0.1, 0.15) is 5.92 Å². The van der Waals surface area contributed by atoms with Crippen molar-refractivity contribution in [1.29, 1.82) is 0 Å². The maximum Gasteiger partial charge on any atom is 0.235 e. The Labute approximate surface area is 191 Å². The summed E-state index contributed by atoms with van der Waals surface area (Å²) in [6.45, 7) is 5.56. The highest BCUT2D eigenvalue weighted by molar-refractivity contribution is 6.00. The molecule has 1 saturated heterocycles. The molecule has 0 radical (unpaired) electrons. The molecular formula is C25H39N3O4. The van der Waals surface area contributed by atoms with Gasteiger partial charge < -0.3 is 20.5 Å². The molecule has 1 saturated carbocycles. The molecule has 1 aromatic carbocycles. The Balaban J connectivity index is 1.70. The summed E-state index contributed by atoms with van der Waals surface area (Å²) in [5, 5.41) is 17.5. The van der Waals surface area contributed by atoms with Gasteiger partial charge in [0.15, 0.2) is 5.72 Å². The summed E-state index contributed by atoms with van der Waals surface area (Å²) in [6.07, 6.45) is 6.89. The second-order valence-electron chi connectivity index (χ2n) is 9.10. The first-order chi connectivity index (χ1) is 15.5. The summed E-state index contributed by atoms with van der Waals surface area (Å²) in [6, 6.07) is 9.36. The Morgan fingerprint density at radius 1 is 1.12 bits per heavy atom. The zero-order valence-corrected chi connectivity index (χ0v) is 19.4. The number of aliphatic hydroxyl groups is 1. The van der Waals surface area contributed by atoms with Crippen LogP contribution in [0.2, 0.25) is 0 Å². The van der Waals surface area contributed by atoms with Crippen LogP contribution in [0.4, 0.5) is 0 Å². The number of morpholine rings is 1. The molecule has 178 valence electrons. The van der Waals surface area contributed by atoms with E-state index in [1.165, 1.54) is 6.42 Å². The van der Waals surface area contributed by atoms with Gasteiger partial charge in [0.25, 0.3) is 0 Å². The van der Waals surface area contributed by atoms with E-state index in [-0.39, 0.29) is 11.9 Å². The molecule has 1 unspecified atom stereocenters. The molecule has 7 heteroatoms. The van der Waals surface area contributed by atoms with Gasteiger partial charge >= 0.3 is 0 Å². The second kappa shape index (κ2) is 12.3. The third-order valence-corrected chi connectivity index (χ3v) is 6.64. The fourth-order valence-corrected chi connectivity index (χ4v) is 4.65. The summed E-state index contributed by atoms with van der Waals surface area (Å²) in [5.74, 6) is -1.44. The SMILES string of the molecule is CCCC(C(=O)NC1CCCCC1)C(=O)N[C@](O)(CCN1CCOCC1)c1ccccc1. The van der Waals surface area contributed by atoms with E-state index in [9.17, 15) is 14.7 Å². The summed E-state index contributed by atoms with van der Waals surface area (Å²) >= 11 is 0. The van der Waals surface area contributed by atoms with Crippen LogP contribution in [0.15, 0.2) is 30.3 Å². The number of amides is 2. The number of rotatable bonds is 10.